The Morgan fingerprint density at radius 2 is 1.88 bits per heavy atom. The van der Waals surface area contributed by atoms with Crippen molar-refractivity contribution in [1.29, 1.82) is 0 Å². The van der Waals surface area contributed by atoms with E-state index in [4.69, 9.17) is 0 Å². The number of piperidine rings is 1. The van der Waals surface area contributed by atoms with Crippen LogP contribution in [0, 0.1) is 5.92 Å². The van der Waals surface area contributed by atoms with Crippen molar-refractivity contribution in [2.45, 2.75) is 39.5 Å². The summed E-state index contributed by atoms with van der Waals surface area (Å²) in [6.45, 7) is 9.39. The molecule has 26 heavy (non-hydrogen) atoms. The lowest BCUT2D eigenvalue weighted by Crippen LogP contribution is -2.36. The van der Waals surface area contributed by atoms with Crippen molar-refractivity contribution in [2.75, 3.05) is 37.6 Å². The molecule has 2 aromatic heterocycles. The predicted octanol–water partition coefficient (Wildman–Crippen LogP) is 3.54. The minimum Gasteiger partial charge on any atom is -0.371 e. The van der Waals surface area contributed by atoms with Crippen LogP contribution < -0.4 is 4.90 Å². The molecule has 0 saturated carbocycles. The molecule has 2 aromatic rings. The Morgan fingerprint density at radius 3 is 2.62 bits per heavy atom. The second-order valence-corrected chi connectivity index (χ2v) is 7.06. The van der Waals surface area contributed by atoms with E-state index in [9.17, 15) is 4.79 Å². The molecule has 0 amide bonds. The summed E-state index contributed by atoms with van der Waals surface area (Å²) in [6.07, 6.45) is 7.23. The number of ketones is 1. The number of hydrogen-bond acceptors (Lipinski definition) is 5. The largest absolute Gasteiger partial charge is 0.371 e. The van der Waals surface area contributed by atoms with E-state index in [1.54, 1.807) is 6.20 Å². The van der Waals surface area contributed by atoms with Gasteiger partial charge < -0.3 is 9.80 Å². The van der Waals surface area contributed by atoms with E-state index >= 15 is 0 Å². The van der Waals surface area contributed by atoms with Gasteiger partial charge in [0.05, 0.1) is 0 Å². The van der Waals surface area contributed by atoms with Crippen LogP contribution in [0.3, 0.4) is 0 Å². The molecule has 0 spiro atoms. The first-order valence-corrected chi connectivity index (χ1v) is 9.92. The van der Waals surface area contributed by atoms with Crippen LogP contribution in [0.4, 0.5) is 5.69 Å². The number of carbonyl (C=O) groups excluding carboxylic acids is 1. The van der Waals surface area contributed by atoms with Gasteiger partial charge in [0.15, 0.2) is 5.65 Å². The maximum atomic E-state index is 12.6. The smallest absolute Gasteiger partial charge is 0.161 e. The standard InChI is InChI=1S/C21H30N4O/c1-3-24(4-2)14-6-8-20(26)17-10-15-25(16-11-17)19-9-13-23-21-18(19)7-5-12-22-21/h5,7,9,12-13,17H,3-4,6,8,10-11,14-16H2,1-2H3. The van der Waals surface area contributed by atoms with Crippen molar-refractivity contribution in [2.24, 2.45) is 5.92 Å². The number of rotatable bonds is 8. The molecular weight excluding hydrogens is 324 g/mol. The lowest BCUT2D eigenvalue weighted by Gasteiger charge is -2.33. The number of Topliss-reactive ketones (excluding diaryl/α,β-unsaturated/α-hetero) is 1. The molecule has 0 atom stereocenters. The van der Waals surface area contributed by atoms with Gasteiger partial charge in [-0.1, -0.05) is 13.8 Å². The van der Waals surface area contributed by atoms with Gasteiger partial charge in [0, 0.05) is 48.9 Å². The Kier molecular flexibility index (Phi) is 6.56. The first-order valence-electron chi connectivity index (χ1n) is 9.92. The molecule has 0 bridgehead atoms. The van der Waals surface area contributed by atoms with Crippen LogP contribution in [0.25, 0.3) is 11.0 Å². The van der Waals surface area contributed by atoms with Crippen LogP contribution in [0.2, 0.25) is 0 Å². The molecular formula is C21H30N4O. The number of nitrogens with zero attached hydrogens (tertiary/aromatic N) is 4. The summed E-state index contributed by atoms with van der Waals surface area (Å²) < 4.78 is 0. The molecule has 3 rings (SSSR count). The molecule has 0 aromatic carbocycles. The first kappa shape index (κ1) is 18.8. The quantitative estimate of drug-likeness (QED) is 0.726. The van der Waals surface area contributed by atoms with Gasteiger partial charge in [-0.3, -0.25) is 4.79 Å². The van der Waals surface area contributed by atoms with Crippen molar-refractivity contribution in [3.05, 3.63) is 30.6 Å². The SMILES string of the molecule is CCN(CC)CCCC(=O)C1CCN(c2ccnc3ncccc23)CC1. The predicted molar refractivity (Wildman–Crippen MR) is 107 cm³/mol. The third-order valence-electron chi connectivity index (χ3n) is 5.57. The number of carbonyl (C=O) groups is 1. The second-order valence-electron chi connectivity index (χ2n) is 7.06. The van der Waals surface area contributed by atoms with Crippen LogP contribution in [-0.2, 0) is 4.79 Å². The Hall–Kier alpha value is -2.01. The van der Waals surface area contributed by atoms with Gasteiger partial charge in [-0.05, 0) is 57.1 Å². The van der Waals surface area contributed by atoms with Gasteiger partial charge in [-0.15, -0.1) is 0 Å². The Labute approximate surface area is 156 Å². The summed E-state index contributed by atoms with van der Waals surface area (Å²) in [7, 11) is 0. The third kappa shape index (κ3) is 4.39. The van der Waals surface area contributed by atoms with Crippen LogP contribution in [0.1, 0.15) is 39.5 Å². The van der Waals surface area contributed by atoms with E-state index in [2.05, 4.69) is 45.7 Å². The summed E-state index contributed by atoms with van der Waals surface area (Å²) in [4.78, 5) is 26.0. The fraction of sp³-hybridized carbons (Fsp3) is 0.571. The second kappa shape index (κ2) is 9.08. The highest BCUT2D eigenvalue weighted by Gasteiger charge is 2.25. The monoisotopic (exact) mass is 354 g/mol. The van der Waals surface area contributed by atoms with Crippen LogP contribution in [-0.4, -0.2) is 53.4 Å². The molecule has 1 aliphatic heterocycles. The zero-order chi connectivity index (χ0) is 18.4. The van der Waals surface area contributed by atoms with Crippen molar-refractivity contribution < 1.29 is 4.79 Å². The van der Waals surface area contributed by atoms with E-state index in [1.165, 1.54) is 5.69 Å². The average molecular weight is 354 g/mol. The molecule has 0 N–H and O–H groups in total. The van der Waals surface area contributed by atoms with Gasteiger partial charge in [-0.2, -0.15) is 0 Å². The third-order valence-corrected chi connectivity index (χ3v) is 5.57. The normalized spacial score (nSPS) is 15.7. The molecule has 1 saturated heterocycles. The molecule has 1 fully saturated rings. The first-order chi connectivity index (χ1) is 12.7. The zero-order valence-corrected chi connectivity index (χ0v) is 16.0. The maximum Gasteiger partial charge on any atom is 0.161 e. The fourth-order valence-corrected chi connectivity index (χ4v) is 3.91. The Bertz CT molecular complexity index is 716. The Balaban J connectivity index is 1.53. The summed E-state index contributed by atoms with van der Waals surface area (Å²) >= 11 is 0. The van der Waals surface area contributed by atoms with Crippen molar-refractivity contribution in [1.82, 2.24) is 14.9 Å². The molecule has 5 nitrogen and oxygen atoms in total. The molecule has 0 aliphatic carbocycles. The molecule has 0 radical (unpaired) electrons. The molecule has 1 aliphatic rings. The molecule has 3 heterocycles. The topological polar surface area (TPSA) is 49.3 Å². The summed E-state index contributed by atoms with van der Waals surface area (Å²) in [5, 5.41) is 1.10. The summed E-state index contributed by atoms with van der Waals surface area (Å²) in [5.74, 6) is 0.687. The lowest BCUT2D eigenvalue weighted by molar-refractivity contribution is -0.123. The van der Waals surface area contributed by atoms with Gasteiger partial charge >= 0.3 is 0 Å². The van der Waals surface area contributed by atoms with Crippen LogP contribution in [0.5, 0.6) is 0 Å². The number of aromatic nitrogens is 2. The van der Waals surface area contributed by atoms with Crippen molar-refractivity contribution in [3.8, 4) is 0 Å². The molecule has 140 valence electrons. The number of pyridine rings is 2. The van der Waals surface area contributed by atoms with Crippen molar-refractivity contribution >= 4 is 22.5 Å². The lowest BCUT2D eigenvalue weighted by atomic mass is 9.90. The summed E-state index contributed by atoms with van der Waals surface area (Å²) in [5.41, 5.74) is 1.98. The number of fused-ring (bicyclic) bond motifs is 1. The van der Waals surface area contributed by atoms with Gasteiger partial charge in [0.2, 0.25) is 0 Å². The highest BCUT2D eigenvalue weighted by Crippen LogP contribution is 2.29. The van der Waals surface area contributed by atoms with Gasteiger partial charge in [0.1, 0.15) is 5.78 Å². The average Bonchev–Trinajstić information content (AvgIpc) is 2.71. The zero-order valence-electron chi connectivity index (χ0n) is 16.0. The maximum absolute atomic E-state index is 12.6. The number of hydrogen-bond donors (Lipinski definition) is 0. The van der Waals surface area contributed by atoms with E-state index in [1.807, 2.05) is 12.3 Å². The molecule has 0 unspecified atom stereocenters. The minimum absolute atomic E-state index is 0.231. The van der Waals surface area contributed by atoms with Gasteiger partial charge in [-0.25, -0.2) is 9.97 Å². The van der Waals surface area contributed by atoms with E-state index in [0.29, 0.717) is 5.78 Å². The van der Waals surface area contributed by atoms with Crippen LogP contribution in [0.15, 0.2) is 30.6 Å². The summed E-state index contributed by atoms with van der Waals surface area (Å²) in [6, 6.07) is 6.10. The van der Waals surface area contributed by atoms with E-state index < -0.39 is 0 Å². The highest BCUT2D eigenvalue weighted by atomic mass is 16.1. The van der Waals surface area contributed by atoms with E-state index in [-0.39, 0.29) is 5.92 Å². The minimum atomic E-state index is 0.231. The van der Waals surface area contributed by atoms with Crippen LogP contribution >= 0.6 is 0 Å². The van der Waals surface area contributed by atoms with E-state index in [0.717, 1.165) is 69.4 Å². The number of anilines is 1. The molecule has 5 heteroatoms. The fourth-order valence-electron chi connectivity index (χ4n) is 3.91. The van der Waals surface area contributed by atoms with Gasteiger partial charge in [0.25, 0.3) is 0 Å². The Morgan fingerprint density at radius 1 is 1.15 bits per heavy atom. The van der Waals surface area contributed by atoms with Crippen molar-refractivity contribution in [3.63, 3.8) is 0 Å². The highest BCUT2D eigenvalue weighted by molar-refractivity contribution is 5.89.